The highest BCUT2D eigenvalue weighted by Gasteiger charge is 2.07. The summed E-state index contributed by atoms with van der Waals surface area (Å²) in [5, 5.41) is 5.70. The summed E-state index contributed by atoms with van der Waals surface area (Å²) >= 11 is 0. The summed E-state index contributed by atoms with van der Waals surface area (Å²) in [6, 6.07) is 14.3. The number of nitrogen functional groups attached to an aromatic ring is 1. The van der Waals surface area contributed by atoms with Crippen molar-refractivity contribution in [3.05, 3.63) is 54.1 Å². The summed E-state index contributed by atoms with van der Waals surface area (Å²) in [4.78, 5) is 24.1. The van der Waals surface area contributed by atoms with Gasteiger partial charge < -0.3 is 21.1 Å². The van der Waals surface area contributed by atoms with Gasteiger partial charge in [-0.1, -0.05) is 24.6 Å². The fourth-order valence-electron chi connectivity index (χ4n) is 2.61. The Labute approximate surface area is 160 Å². The molecule has 144 valence electrons. The van der Waals surface area contributed by atoms with Crippen molar-refractivity contribution in [2.45, 2.75) is 32.6 Å². The minimum Gasteiger partial charge on any atom is -0.494 e. The normalized spacial score (nSPS) is 10.3. The number of amides is 2. The highest BCUT2D eigenvalue weighted by molar-refractivity contribution is 5.94. The number of hydrogen-bond acceptors (Lipinski definition) is 4. The van der Waals surface area contributed by atoms with Crippen LogP contribution in [-0.4, -0.2) is 25.0 Å². The van der Waals surface area contributed by atoms with Crippen LogP contribution in [-0.2, 0) is 4.79 Å². The van der Waals surface area contributed by atoms with Crippen molar-refractivity contribution >= 4 is 23.2 Å². The van der Waals surface area contributed by atoms with Crippen LogP contribution in [0.5, 0.6) is 5.75 Å². The second-order valence-corrected chi connectivity index (χ2v) is 6.16. The molecule has 0 saturated heterocycles. The number of para-hydroxylation sites is 2. The predicted molar refractivity (Wildman–Crippen MR) is 108 cm³/mol. The molecule has 0 fully saturated rings. The summed E-state index contributed by atoms with van der Waals surface area (Å²) in [7, 11) is 0. The molecule has 0 aliphatic carbocycles. The average Bonchev–Trinajstić information content (AvgIpc) is 2.66. The van der Waals surface area contributed by atoms with Crippen LogP contribution in [0.2, 0.25) is 0 Å². The second-order valence-electron chi connectivity index (χ2n) is 6.16. The average molecular weight is 369 g/mol. The number of ether oxygens (including phenoxy) is 1. The molecule has 0 aromatic heterocycles. The van der Waals surface area contributed by atoms with Crippen molar-refractivity contribution in [3.63, 3.8) is 0 Å². The van der Waals surface area contributed by atoms with Crippen LogP contribution in [0.25, 0.3) is 0 Å². The smallest absolute Gasteiger partial charge is 0.251 e. The molecule has 6 heteroatoms. The molecule has 4 N–H and O–H groups in total. The van der Waals surface area contributed by atoms with Gasteiger partial charge in [-0.25, -0.2) is 0 Å². The molecule has 0 bridgehead atoms. The van der Waals surface area contributed by atoms with Crippen molar-refractivity contribution < 1.29 is 14.3 Å². The Morgan fingerprint density at radius 2 is 1.85 bits per heavy atom. The fraction of sp³-hybridized carbons (Fsp3) is 0.333. The largest absolute Gasteiger partial charge is 0.494 e. The first kappa shape index (κ1) is 20.3. The lowest BCUT2D eigenvalue weighted by atomic mass is 10.1. The summed E-state index contributed by atoms with van der Waals surface area (Å²) in [5.41, 5.74) is 7.59. The van der Waals surface area contributed by atoms with E-state index in [1.807, 2.05) is 25.1 Å². The third-order valence-electron chi connectivity index (χ3n) is 4.01. The second kappa shape index (κ2) is 10.9. The van der Waals surface area contributed by atoms with E-state index < -0.39 is 0 Å². The zero-order valence-electron chi connectivity index (χ0n) is 15.7. The Morgan fingerprint density at radius 1 is 1.04 bits per heavy atom. The van der Waals surface area contributed by atoms with E-state index in [2.05, 4.69) is 10.6 Å². The molecule has 0 unspecified atom stereocenters. The van der Waals surface area contributed by atoms with Crippen molar-refractivity contribution in [2.24, 2.45) is 0 Å². The molecular formula is C21H27N3O3. The Hall–Kier alpha value is -3.02. The van der Waals surface area contributed by atoms with Crippen LogP contribution < -0.4 is 21.1 Å². The van der Waals surface area contributed by atoms with Gasteiger partial charge in [-0.2, -0.15) is 0 Å². The number of carbonyl (C=O) groups is 2. The first-order valence-corrected chi connectivity index (χ1v) is 9.25. The molecule has 0 radical (unpaired) electrons. The van der Waals surface area contributed by atoms with Gasteiger partial charge in [-0.15, -0.1) is 0 Å². The molecule has 2 rings (SSSR count). The molecule has 0 spiro atoms. The van der Waals surface area contributed by atoms with Gasteiger partial charge in [0, 0.05) is 18.5 Å². The monoisotopic (exact) mass is 369 g/mol. The van der Waals surface area contributed by atoms with Crippen LogP contribution in [0.4, 0.5) is 11.4 Å². The quantitative estimate of drug-likeness (QED) is 0.441. The number of carbonyl (C=O) groups excluding carboxylic acids is 2. The SMILES string of the molecule is CCOc1cccc(C(=O)NCCCCCC(=O)Nc2ccccc2N)c1. The number of hydrogen-bond donors (Lipinski definition) is 3. The predicted octanol–water partition coefficient (Wildman–Crippen LogP) is 3.60. The maximum atomic E-state index is 12.1. The van der Waals surface area contributed by atoms with E-state index in [1.54, 1.807) is 30.3 Å². The molecular weight excluding hydrogens is 342 g/mol. The molecule has 2 aromatic rings. The summed E-state index contributed by atoms with van der Waals surface area (Å²) < 4.78 is 5.40. The molecule has 2 aromatic carbocycles. The van der Waals surface area contributed by atoms with E-state index >= 15 is 0 Å². The zero-order chi connectivity index (χ0) is 19.5. The minimum absolute atomic E-state index is 0.0512. The number of benzene rings is 2. The van der Waals surface area contributed by atoms with E-state index in [0.29, 0.717) is 42.3 Å². The van der Waals surface area contributed by atoms with E-state index in [9.17, 15) is 9.59 Å². The third-order valence-corrected chi connectivity index (χ3v) is 4.01. The molecule has 0 saturated carbocycles. The number of anilines is 2. The van der Waals surface area contributed by atoms with Crippen molar-refractivity contribution in [2.75, 3.05) is 24.2 Å². The summed E-state index contributed by atoms with van der Waals surface area (Å²) in [6.07, 6.45) is 2.86. The number of unbranched alkanes of at least 4 members (excludes halogenated alkanes) is 2. The third kappa shape index (κ3) is 7.01. The van der Waals surface area contributed by atoms with E-state index in [4.69, 9.17) is 10.5 Å². The van der Waals surface area contributed by atoms with Crippen LogP contribution in [0, 0.1) is 0 Å². The Morgan fingerprint density at radius 3 is 2.63 bits per heavy atom. The number of nitrogens with one attached hydrogen (secondary N) is 2. The van der Waals surface area contributed by atoms with Gasteiger partial charge in [0.25, 0.3) is 5.91 Å². The van der Waals surface area contributed by atoms with Crippen LogP contribution in [0.3, 0.4) is 0 Å². The van der Waals surface area contributed by atoms with Gasteiger partial charge in [0.05, 0.1) is 18.0 Å². The molecule has 0 atom stereocenters. The molecule has 0 aliphatic heterocycles. The van der Waals surface area contributed by atoms with E-state index in [-0.39, 0.29) is 11.8 Å². The first-order chi connectivity index (χ1) is 13.1. The van der Waals surface area contributed by atoms with E-state index in [1.165, 1.54) is 0 Å². The molecule has 0 aliphatic rings. The topological polar surface area (TPSA) is 93.4 Å². The van der Waals surface area contributed by atoms with Crippen molar-refractivity contribution in [1.82, 2.24) is 5.32 Å². The van der Waals surface area contributed by atoms with Gasteiger partial charge >= 0.3 is 0 Å². The highest BCUT2D eigenvalue weighted by atomic mass is 16.5. The number of rotatable bonds is 10. The lowest BCUT2D eigenvalue weighted by Crippen LogP contribution is -2.24. The van der Waals surface area contributed by atoms with Crippen LogP contribution >= 0.6 is 0 Å². The van der Waals surface area contributed by atoms with Crippen molar-refractivity contribution in [3.8, 4) is 5.75 Å². The lowest BCUT2D eigenvalue weighted by molar-refractivity contribution is -0.116. The molecule has 0 heterocycles. The van der Waals surface area contributed by atoms with Crippen molar-refractivity contribution in [1.29, 1.82) is 0 Å². The van der Waals surface area contributed by atoms with Gasteiger partial charge in [-0.3, -0.25) is 9.59 Å². The Balaban J connectivity index is 1.61. The molecule has 2 amide bonds. The zero-order valence-corrected chi connectivity index (χ0v) is 15.7. The first-order valence-electron chi connectivity index (χ1n) is 9.25. The van der Waals surface area contributed by atoms with Gasteiger partial charge in [0.15, 0.2) is 0 Å². The van der Waals surface area contributed by atoms with Crippen LogP contribution in [0.15, 0.2) is 48.5 Å². The summed E-state index contributed by atoms with van der Waals surface area (Å²) in [6.45, 7) is 3.04. The minimum atomic E-state index is -0.117. The summed E-state index contributed by atoms with van der Waals surface area (Å²) in [5.74, 6) is 0.522. The van der Waals surface area contributed by atoms with Crippen LogP contribution in [0.1, 0.15) is 43.0 Å². The maximum absolute atomic E-state index is 12.1. The highest BCUT2D eigenvalue weighted by Crippen LogP contribution is 2.17. The van der Waals surface area contributed by atoms with Gasteiger partial charge in [-0.05, 0) is 50.1 Å². The van der Waals surface area contributed by atoms with Gasteiger partial charge in [0.1, 0.15) is 5.75 Å². The fourth-order valence-corrected chi connectivity index (χ4v) is 2.61. The Bertz CT molecular complexity index is 762. The standard InChI is InChI=1S/C21H27N3O3/c1-2-27-17-10-8-9-16(15-17)21(26)23-14-7-3-4-13-20(25)24-19-12-6-5-11-18(19)22/h5-6,8-12,15H,2-4,7,13-14,22H2,1H3,(H,23,26)(H,24,25). The Kier molecular flexibility index (Phi) is 8.16. The molecule has 27 heavy (non-hydrogen) atoms. The number of nitrogens with two attached hydrogens (primary N) is 1. The van der Waals surface area contributed by atoms with E-state index in [0.717, 1.165) is 19.3 Å². The molecule has 6 nitrogen and oxygen atoms in total. The van der Waals surface area contributed by atoms with Gasteiger partial charge in [0.2, 0.25) is 5.91 Å². The lowest BCUT2D eigenvalue weighted by Gasteiger charge is -2.08. The maximum Gasteiger partial charge on any atom is 0.251 e.